The minimum Gasteiger partial charge on any atom is -0.244 e. The molecule has 0 aliphatic heterocycles. The molecule has 4 aliphatic carbocycles. The first-order chi connectivity index (χ1) is 26.6. The highest BCUT2D eigenvalue weighted by Crippen LogP contribution is 2.51. The first kappa shape index (κ1) is 33.7. The van der Waals surface area contributed by atoms with Crippen LogP contribution >= 0.6 is 0 Å². The van der Waals surface area contributed by atoms with Gasteiger partial charge in [0.1, 0.15) is 0 Å². The van der Waals surface area contributed by atoms with Crippen molar-refractivity contribution in [1.82, 2.24) is 9.97 Å². The number of benzene rings is 5. The quantitative estimate of drug-likeness (QED) is 0.178. The van der Waals surface area contributed by atoms with Gasteiger partial charge in [0.15, 0.2) is 0 Å². The van der Waals surface area contributed by atoms with Gasteiger partial charge >= 0.3 is 0 Å². The van der Waals surface area contributed by atoms with Crippen molar-refractivity contribution in [2.45, 2.75) is 63.7 Å². The molecule has 55 heavy (non-hydrogen) atoms. The molecule has 4 aliphatic rings. The highest BCUT2D eigenvalue weighted by Gasteiger charge is 2.37. The molecular weight excluding hydrogens is 665 g/mol. The van der Waals surface area contributed by atoms with E-state index in [0.717, 1.165) is 46.4 Å². The molecule has 0 N–H and O–H groups in total. The van der Waals surface area contributed by atoms with Gasteiger partial charge in [-0.25, -0.2) is 9.97 Å². The van der Waals surface area contributed by atoms with E-state index in [-0.39, 0.29) is 16.2 Å². The smallest absolute Gasteiger partial charge is 0.0972 e. The van der Waals surface area contributed by atoms with Crippen LogP contribution in [0, 0.1) is 5.92 Å². The molecule has 2 unspecified atom stereocenters. The fourth-order valence-electron chi connectivity index (χ4n) is 9.69. The van der Waals surface area contributed by atoms with Gasteiger partial charge in [-0.2, -0.15) is 0 Å². The van der Waals surface area contributed by atoms with Crippen molar-refractivity contribution >= 4 is 22.2 Å². The van der Waals surface area contributed by atoms with E-state index in [1.54, 1.807) is 0 Å². The molecule has 0 spiro atoms. The minimum atomic E-state index is -0.282. The zero-order valence-corrected chi connectivity index (χ0v) is 32.4. The summed E-state index contributed by atoms with van der Waals surface area (Å²) in [6, 6.07) is 40.2. The average molecular weight is 711 g/mol. The van der Waals surface area contributed by atoms with Crippen LogP contribution in [0.2, 0.25) is 0 Å². The van der Waals surface area contributed by atoms with Gasteiger partial charge in [0.25, 0.3) is 0 Å². The molecular formula is C53H46N2. The van der Waals surface area contributed by atoms with Gasteiger partial charge in [-0.05, 0) is 99.0 Å². The predicted molar refractivity (Wildman–Crippen MR) is 230 cm³/mol. The third kappa shape index (κ3) is 5.37. The third-order valence-electron chi connectivity index (χ3n) is 13.0. The molecule has 6 aromatic rings. The lowest BCUT2D eigenvalue weighted by Crippen LogP contribution is -2.19. The SMILES string of the molecule is CC1(c2ccc3c(c2)C(C)(C)c2ccccc2-3)C=CC=C(c2nc3ccccc3nc2C2=CCC(Cc3ccc4c(c3)C(C)(C)c3ccccc3-4)C=C2)C=C1. The Labute approximate surface area is 325 Å². The van der Waals surface area contributed by atoms with Crippen LogP contribution in [-0.2, 0) is 22.7 Å². The maximum Gasteiger partial charge on any atom is 0.0972 e. The van der Waals surface area contributed by atoms with Gasteiger partial charge in [0.05, 0.1) is 22.4 Å². The van der Waals surface area contributed by atoms with Crippen molar-refractivity contribution in [2.24, 2.45) is 5.92 Å². The second kappa shape index (κ2) is 12.3. The van der Waals surface area contributed by atoms with Crippen molar-refractivity contribution in [3.8, 4) is 22.3 Å². The highest BCUT2D eigenvalue weighted by atomic mass is 14.8. The van der Waals surface area contributed by atoms with Crippen molar-refractivity contribution in [2.75, 3.05) is 0 Å². The Morgan fingerprint density at radius 3 is 1.80 bits per heavy atom. The number of hydrogen-bond donors (Lipinski definition) is 0. The molecule has 1 aromatic heterocycles. The first-order valence-electron chi connectivity index (χ1n) is 19.8. The summed E-state index contributed by atoms with van der Waals surface area (Å²) in [6.07, 6.45) is 20.4. The Balaban J connectivity index is 0.938. The standard InChI is InChI=1S/C53H46N2/c1-51(2)43-16-8-6-14-39(43)41-26-22-35(32-45(41)51)31-34-20-23-37(24-21-34)50-49(54-47-18-10-11-19-48(47)55-50)36-13-12-29-53(5,30-28-36)38-25-27-42-40-15-7-9-17-44(40)52(3,4)46(42)33-38/h6-20,22-30,32-34H,21,31H2,1-5H3. The molecule has 1 heterocycles. The Morgan fingerprint density at radius 1 is 0.564 bits per heavy atom. The van der Waals surface area contributed by atoms with Crippen LogP contribution in [0.25, 0.3) is 44.4 Å². The largest absolute Gasteiger partial charge is 0.244 e. The van der Waals surface area contributed by atoms with E-state index >= 15 is 0 Å². The van der Waals surface area contributed by atoms with Crippen molar-refractivity contribution in [1.29, 1.82) is 0 Å². The lowest BCUT2D eigenvalue weighted by molar-refractivity contribution is 0.642. The van der Waals surface area contributed by atoms with Gasteiger partial charge < -0.3 is 0 Å². The molecule has 0 radical (unpaired) electrons. The van der Waals surface area contributed by atoms with Gasteiger partial charge in [0.2, 0.25) is 0 Å². The molecule has 2 heteroatoms. The summed E-state index contributed by atoms with van der Waals surface area (Å²) in [5.74, 6) is 0.427. The van der Waals surface area contributed by atoms with Crippen LogP contribution in [0.3, 0.4) is 0 Å². The maximum absolute atomic E-state index is 5.29. The number of fused-ring (bicyclic) bond motifs is 7. The van der Waals surface area contributed by atoms with Crippen LogP contribution < -0.4 is 0 Å². The van der Waals surface area contributed by atoms with E-state index in [9.17, 15) is 0 Å². The maximum atomic E-state index is 5.29. The molecule has 268 valence electrons. The molecule has 0 saturated heterocycles. The molecule has 0 bridgehead atoms. The van der Waals surface area contributed by atoms with Crippen molar-refractivity contribution < 1.29 is 0 Å². The molecule has 2 atom stereocenters. The normalized spacial score (nSPS) is 21.0. The Bertz CT molecular complexity index is 2730. The van der Waals surface area contributed by atoms with Crippen LogP contribution in [0.15, 0.2) is 158 Å². The zero-order chi connectivity index (χ0) is 37.5. The summed E-state index contributed by atoms with van der Waals surface area (Å²) in [4.78, 5) is 10.6. The lowest BCUT2D eigenvalue weighted by Gasteiger charge is -2.26. The molecule has 10 rings (SSSR count). The number of rotatable bonds is 5. The predicted octanol–water partition coefficient (Wildman–Crippen LogP) is 12.9. The van der Waals surface area contributed by atoms with Crippen LogP contribution in [-0.4, -0.2) is 9.97 Å². The third-order valence-corrected chi connectivity index (χ3v) is 13.0. The van der Waals surface area contributed by atoms with Gasteiger partial charge in [-0.1, -0.05) is 173 Å². The van der Waals surface area contributed by atoms with E-state index in [2.05, 4.69) is 180 Å². The Morgan fingerprint density at radius 2 is 1.15 bits per heavy atom. The molecule has 2 nitrogen and oxygen atoms in total. The van der Waals surface area contributed by atoms with Crippen LogP contribution in [0.1, 0.15) is 85.8 Å². The summed E-state index contributed by atoms with van der Waals surface area (Å²) in [7, 11) is 0. The number of hydrogen-bond acceptors (Lipinski definition) is 2. The van der Waals surface area contributed by atoms with E-state index in [4.69, 9.17) is 9.97 Å². The zero-order valence-electron chi connectivity index (χ0n) is 32.4. The highest BCUT2D eigenvalue weighted by molar-refractivity contribution is 5.89. The van der Waals surface area contributed by atoms with Crippen molar-refractivity contribution in [3.05, 3.63) is 203 Å². The summed E-state index contributed by atoms with van der Waals surface area (Å²) in [5, 5.41) is 0. The molecule has 0 saturated carbocycles. The minimum absolute atomic E-state index is 0.0148. The summed E-state index contributed by atoms with van der Waals surface area (Å²) in [5.41, 5.74) is 19.4. The van der Waals surface area contributed by atoms with E-state index in [1.807, 2.05) is 12.1 Å². The Kier molecular flexibility index (Phi) is 7.55. The average Bonchev–Trinajstić information content (AvgIpc) is 3.45. The summed E-state index contributed by atoms with van der Waals surface area (Å²) in [6.45, 7) is 11.7. The van der Waals surface area contributed by atoms with Crippen molar-refractivity contribution in [3.63, 3.8) is 0 Å². The monoisotopic (exact) mass is 710 g/mol. The second-order valence-corrected chi connectivity index (χ2v) is 17.2. The first-order valence-corrected chi connectivity index (χ1v) is 19.8. The second-order valence-electron chi connectivity index (χ2n) is 17.2. The van der Waals surface area contributed by atoms with Crippen LogP contribution in [0.4, 0.5) is 0 Å². The van der Waals surface area contributed by atoms with Crippen LogP contribution in [0.5, 0.6) is 0 Å². The summed E-state index contributed by atoms with van der Waals surface area (Å²) >= 11 is 0. The Hall–Kier alpha value is -5.86. The molecule has 5 aromatic carbocycles. The number of aromatic nitrogens is 2. The number of nitrogens with zero attached hydrogens (tertiary/aromatic N) is 2. The topological polar surface area (TPSA) is 25.8 Å². The van der Waals surface area contributed by atoms with E-state index < -0.39 is 0 Å². The van der Waals surface area contributed by atoms with Gasteiger partial charge in [-0.15, -0.1) is 0 Å². The lowest BCUT2D eigenvalue weighted by atomic mass is 9.77. The van der Waals surface area contributed by atoms with Gasteiger partial charge in [0, 0.05) is 21.8 Å². The van der Waals surface area contributed by atoms with Gasteiger partial charge in [-0.3, -0.25) is 0 Å². The number of allylic oxidation sites excluding steroid dienone is 10. The van der Waals surface area contributed by atoms with E-state index in [1.165, 1.54) is 55.6 Å². The fourth-order valence-corrected chi connectivity index (χ4v) is 9.69. The summed E-state index contributed by atoms with van der Waals surface area (Å²) < 4.78 is 0. The fraction of sp³-hybridized carbons (Fsp3) is 0.208. The molecule has 0 fully saturated rings. The van der Waals surface area contributed by atoms with E-state index in [0.29, 0.717) is 5.92 Å². The number of para-hydroxylation sites is 2. The molecule has 0 amide bonds.